The Morgan fingerprint density at radius 1 is 1.12 bits per heavy atom. The zero-order chi connectivity index (χ0) is 23.5. The lowest BCUT2D eigenvalue weighted by atomic mass is 10.1. The Hall–Kier alpha value is -4.18. The summed E-state index contributed by atoms with van der Waals surface area (Å²) in [5.41, 5.74) is 4.78. The lowest BCUT2D eigenvalue weighted by Crippen LogP contribution is -2.36. The van der Waals surface area contributed by atoms with Crippen molar-refractivity contribution in [2.75, 3.05) is 36.5 Å². The number of pyridine rings is 2. The minimum absolute atomic E-state index is 0.00202. The molecule has 1 fully saturated rings. The van der Waals surface area contributed by atoms with Crippen LogP contribution in [0.3, 0.4) is 0 Å². The van der Waals surface area contributed by atoms with Crippen LogP contribution in [0.1, 0.15) is 16.1 Å². The van der Waals surface area contributed by atoms with Crippen molar-refractivity contribution < 1.29 is 13.9 Å². The molecule has 1 saturated heterocycles. The van der Waals surface area contributed by atoms with Gasteiger partial charge in [0.25, 0.3) is 5.91 Å². The van der Waals surface area contributed by atoms with Crippen LogP contribution in [0.25, 0.3) is 16.9 Å². The van der Waals surface area contributed by atoms with E-state index in [0.29, 0.717) is 24.6 Å². The van der Waals surface area contributed by atoms with E-state index in [4.69, 9.17) is 4.74 Å². The molecular formula is C24H22FN7O2. The molecule has 3 aromatic heterocycles. The number of rotatable bonds is 5. The first-order valence-corrected chi connectivity index (χ1v) is 10.8. The van der Waals surface area contributed by atoms with Crippen molar-refractivity contribution in [3.63, 3.8) is 0 Å². The van der Waals surface area contributed by atoms with Crippen LogP contribution >= 0.6 is 0 Å². The van der Waals surface area contributed by atoms with Gasteiger partial charge in [0.1, 0.15) is 11.4 Å². The average Bonchev–Trinajstić information content (AvgIpc) is 3.36. The van der Waals surface area contributed by atoms with Gasteiger partial charge in [-0.15, -0.1) is 5.10 Å². The van der Waals surface area contributed by atoms with E-state index in [-0.39, 0.29) is 5.69 Å². The summed E-state index contributed by atoms with van der Waals surface area (Å²) in [5.74, 6) is -1.21. The number of morpholine rings is 1. The van der Waals surface area contributed by atoms with Crippen molar-refractivity contribution in [3.05, 3.63) is 78.3 Å². The first kappa shape index (κ1) is 21.7. The van der Waals surface area contributed by atoms with Gasteiger partial charge < -0.3 is 15.0 Å². The maximum atomic E-state index is 13.4. The quantitative estimate of drug-likeness (QED) is 0.458. The first-order valence-electron chi connectivity index (χ1n) is 10.8. The van der Waals surface area contributed by atoms with Gasteiger partial charge in [0.05, 0.1) is 37.0 Å². The van der Waals surface area contributed by atoms with Crippen molar-refractivity contribution in [2.45, 2.75) is 6.92 Å². The van der Waals surface area contributed by atoms with Gasteiger partial charge in [-0.25, -0.2) is 9.67 Å². The first-order chi connectivity index (χ1) is 16.6. The summed E-state index contributed by atoms with van der Waals surface area (Å²) in [5, 5.41) is 11.4. The summed E-state index contributed by atoms with van der Waals surface area (Å²) < 4.78 is 20.4. The second-order valence-electron chi connectivity index (χ2n) is 7.88. The van der Waals surface area contributed by atoms with Gasteiger partial charge in [0, 0.05) is 30.5 Å². The minimum Gasteiger partial charge on any atom is -0.378 e. The predicted octanol–water partition coefficient (Wildman–Crippen LogP) is 3.26. The van der Waals surface area contributed by atoms with Crippen molar-refractivity contribution in [1.29, 1.82) is 0 Å². The van der Waals surface area contributed by atoms with Crippen molar-refractivity contribution >= 4 is 17.3 Å². The van der Waals surface area contributed by atoms with Gasteiger partial charge in [-0.2, -0.15) is 4.39 Å². The van der Waals surface area contributed by atoms with Gasteiger partial charge in [0.15, 0.2) is 0 Å². The Morgan fingerprint density at radius 3 is 2.79 bits per heavy atom. The monoisotopic (exact) mass is 459 g/mol. The van der Waals surface area contributed by atoms with E-state index in [0.717, 1.165) is 35.6 Å². The highest BCUT2D eigenvalue weighted by atomic mass is 19.1. The van der Waals surface area contributed by atoms with Crippen LogP contribution in [0.2, 0.25) is 0 Å². The summed E-state index contributed by atoms with van der Waals surface area (Å²) >= 11 is 0. The molecule has 0 saturated carbocycles. The molecule has 34 heavy (non-hydrogen) atoms. The third kappa shape index (κ3) is 4.62. The van der Waals surface area contributed by atoms with Crippen molar-refractivity contribution in [3.8, 4) is 16.9 Å². The molecule has 1 amide bonds. The number of ether oxygens (including phenoxy) is 1. The Balaban J connectivity index is 1.38. The second-order valence-corrected chi connectivity index (χ2v) is 7.88. The molecule has 0 aliphatic carbocycles. The van der Waals surface area contributed by atoms with Crippen LogP contribution in [0.15, 0.2) is 61.1 Å². The van der Waals surface area contributed by atoms with Gasteiger partial charge >= 0.3 is 0 Å². The van der Waals surface area contributed by atoms with E-state index >= 15 is 0 Å². The highest BCUT2D eigenvalue weighted by Gasteiger charge is 2.15. The zero-order valence-corrected chi connectivity index (χ0v) is 18.5. The maximum Gasteiger partial charge on any atom is 0.274 e. The van der Waals surface area contributed by atoms with Crippen LogP contribution in [-0.2, 0) is 4.74 Å². The predicted molar refractivity (Wildman–Crippen MR) is 125 cm³/mol. The smallest absolute Gasteiger partial charge is 0.274 e. The number of amides is 1. The number of carbonyl (C=O) groups is 1. The lowest BCUT2D eigenvalue weighted by molar-refractivity contribution is 0.102. The van der Waals surface area contributed by atoms with Crippen LogP contribution in [0.4, 0.5) is 15.8 Å². The Bertz CT molecular complexity index is 1330. The molecule has 4 aromatic rings. The highest BCUT2D eigenvalue weighted by Crippen LogP contribution is 2.25. The Kier molecular flexibility index (Phi) is 5.96. The Labute approximate surface area is 195 Å². The van der Waals surface area contributed by atoms with E-state index in [9.17, 15) is 9.18 Å². The minimum atomic E-state index is -0.709. The molecule has 5 rings (SSSR count). The number of carbonyl (C=O) groups excluding carboxylic acids is 1. The van der Waals surface area contributed by atoms with Gasteiger partial charge in [-0.05, 0) is 42.8 Å². The zero-order valence-electron chi connectivity index (χ0n) is 18.5. The van der Waals surface area contributed by atoms with Gasteiger partial charge in [-0.3, -0.25) is 9.78 Å². The van der Waals surface area contributed by atoms with Crippen LogP contribution in [-0.4, -0.2) is 57.2 Å². The fourth-order valence-electron chi connectivity index (χ4n) is 3.74. The average molecular weight is 459 g/mol. The van der Waals surface area contributed by atoms with E-state index in [1.54, 1.807) is 23.0 Å². The summed E-state index contributed by atoms with van der Waals surface area (Å²) in [6.45, 7) is 4.97. The van der Waals surface area contributed by atoms with Gasteiger partial charge in [-0.1, -0.05) is 17.3 Å². The summed E-state index contributed by atoms with van der Waals surface area (Å²) in [7, 11) is 0. The third-order valence-corrected chi connectivity index (χ3v) is 5.55. The maximum absolute atomic E-state index is 13.4. The molecule has 1 aliphatic heterocycles. The second kappa shape index (κ2) is 9.36. The lowest BCUT2D eigenvalue weighted by Gasteiger charge is -2.28. The van der Waals surface area contributed by atoms with Crippen LogP contribution < -0.4 is 10.2 Å². The number of hydrogen-bond donors (Lipinski definition) is 1. The van der Waals surface area contributed by atoms with E-state index in [1.807, 2.05) is 31.5 Å². The number of halogens is 1. The van der Waals surface area contributed by atoms with E-state index < -0.39 is 11.9 Å². The SMILES string of the molecule is Cc1ccc(NC(=O)c2cccc(F)n2)cc1-n1cc(-c2cncc(N3CCOCC3)c2)nn1. The normalized spacial score (nSPS) is 13.6. The molecule has 10 heteroatoms. The molecule has 0 atom stereocenters. The number of aromatic nitrogens is 5. The van der Waals surface area contributed by atoms with E-state index in [1.165, 1.54) is 18.2 Å². The molecule has 9 nitrogen and oxygen atoms in total. The topological polar surface area (TPSA) is 98.1 Å². The molecule has 0 radical (unpaired) electrons. The molecule has 1 N–H and O–H groups in total. The fourth-order valence-corrected chi connectivity index (χ4v) is 3.74. The molecule has 172 valence electrons. The van der Waals surface area contributed by atoms with E-state index in [2.05, 4.69) is 30.5 Å². The molecule has 4 heterocycles. The molecule has 0 bridgehead atoms. The number of hydrogen-bond acceptors (Lipinski definition) is 7. The molecule has 1 aromatic carbocycles. The van der Waals surface area contributed by atoms with Crippen LogP contribution in [0.5, 0.6) is 0 Å². The molecule has 1 aliphatic rings. The standard InChI is InChI=1S/C24H22FN7O2/c1-16-5-6-18(27-24(33)20-3-2-4-23(25)28-20)12-22(16)32-15-21(29-30-32)17-11-19(14-26-13-17)31-7-9-34-10-8-31/h2-6,11-15H,7-10H2,1H3,(H,27,33). The fraction of sp³-hybridized carbons (Fsp3) is 0.208. The summed E-state index contributed by atoms with van der Waals surface area (Å²) in [6, 6.07) is 11.5. The van der Waals surface area contributed by atoms with Gasteiger partial charge in [0.2, 0.25) is 5.95 Å². The van der Waals surface area contributed by atoms with Crippen molar-refractivity contribution in [1.82, 2.24) is 25.0 Å². The van der Waals surface area contributed by atoms with Crippen LogP contribution in [0, 0.1) is 12.9 Å². The largest absolute Gasteiger partial charge is 0.378 e. The summed E-state index contributed by atoms with van der Waals surface area (Å²) in [4.78, 5) is 22.7. The number of anilines is 2. The molecule has 0 unspecified atom stereocenters. The highest BCUT2D eigenvalue weighted by molar-refractivity contribution is 6.03. The van der Waals surface area contributed by atoms with Crippen molar-refractivity contribution in [2.24, 2.45) is 0 Å². The third-order valence-electron chi connectivity index (χ3n) is 5.55. The molecular weight excluding hydrogens is 437 g/mol. The molecule has 0 spiro atoms. The Morgan fingerprint density at radius 2 is 1.97 bits per heavy atom. The number of nitrogens with one attached hydrogen (secondary N) is 1. The number of aryl methyl sites for hydroxylation is 1. The summed E-state index contributed by atoms with van der Waals surface area (Å²) in [6.07, 6.45) is 5.42. The number of benzene rings is 1. The number of nitrogens with zero attached hydrogens (tertiary/aromatic N) is 6.